The van der Waals surface area contributed by atoms with E-state index in [0.717, 1.165) is 38.5 Å². The van der Waals surface area contributed by atoms with Crippen molar-refractivity contribution >= 4 is 49.7 Å². The molecule has 2 fully saturated rings. The summed E-state index contributed by atoms with van der Waals surface area (Å²) in [4.78, 5) is 25.3. The lowest BCUT2D eigenvalue weighted by molar-refractivity contribution is -0.0142. The molecule has 3 heterocycles. The Kier molecular flexibility index (Phi) is 21.4. The molecular formula is C58H93O13P3. The molecule has 3 aliphatic heterocycles. The maximum absolute atomic E-state index is 13.7. The van der Waals surface area contributed by atoms with Crippen LogP contribution in [-0.4, -0.2) is 64.1 Å². The molecule has 1 N–H and O–H groups in total. The van der Waals surface area contributed by atoms with Crippen LogP contribution in [-0.2, 0) is 23.2 Å². The number of ether oxygens (including phenoxy) is 7. The van der Waals surface area contributed by atoms with Crippen LogP contribution in [0.3, 0.4) is 0 Å². The van der Waals surface area contributed by atoms with Crippen LogP contribution in [0.15, 0.2) is 54.6 Å². The summed E-state index contributed by atoms with van der Waals surface area (Å²) in [5, 5.41) is 10.00. The van der Waals surface area contributed by atoms with E-state index in [1.165, 1.54) is 0 Å². The highest BCUT2D eigenvalue weighted by molar-refractivity contribution is 7.74. The molecular weight excluding hydrogens is 998 g/mol. The van der Waals surface area contributed by atoms with Gasteiger partial charge in [-0.3, -0.25) is 0 Å². The highest BCUT2D eigenvalue weighted by Crippen LogP contribution is 2.65. The zero-order chi connectivity index (χ0) is 52.6. The van der Waals surface area contributed by atoms with Crippen molar-refractivity contribution in [2.24, 2.45) is 35.5 Å². The van der Waals surface area contributed by atoms with Gasteiger partial charge in [-0.25, -0.2) is 9.59 Å². The Balaban J connectivity index is 0.000000299. The van der Waals surface area contributed by atoms with Crippen LogP contribution in [0.25, 0.3) is 0 Å². The summed E-state index contributed by atoms with van der Waals surface area (Å²) < 4.78 is 79.6. The van der Waals surface area contributed by atoms with Crippen LogP contribution in [0.5, 0.6) is 34.5 Å². The standard InChI is InChI=1S/2C22H33O5P.C11H15O3P.3CH4/c2*1-14(2)16-11-10-15(3)12-19(16)27-21(23)26-18-9-7-8-17-20(18)28(24,13-25-17)22(4,5)6;1-11(2,3)15(13)7-14-9-6-4-5-8(12)10(9)15;;;/h2*7-9,14-16,19H,10-13H2,1-6H3;4-6,12H,7H2,1-3H3;3*1H4/t15-,16+,19-,28+;15-,16+,19-,28-;;;;/m00..../s1. The van der Waals surface area contributed by atoms with Gasteiger partial charge in [0.25, 0.3) is 0 Å². The molecule has 3 aromatic carbocycles. The summed E-state index contributed by atoms with van der Waals surface area (Å²) in [6.45, 7) is 30.4. The molecule has 0 spiro atoms. The summed E-state index contributed by atoms with van der Waals surface area (Å²) in [6, 6.07) is 15.4. The molecule has 0 bridgehead atoms. The smallest absolute Gasteiger partial charge is 0.507 e. The third-order valence-electron chi connectivity index (χ3n) is 15.2. The maximum atomic E-state index is 13.7. The van der Waals surface area contributed by atoms with Crippen molar-refractivity contribution in [3.8, 4) is 34.5 Å². The number of fused-ring (bicyclic) bond motifs is 3. The Labute approximate surface area is 445 Å². The van der Waals surface area contributed by atoms with Gasteiger partial charge in [-0.15, -0.1) is 0 Å². The van der Waals surface area contributed by atoms with E-state index in [2.05, 4.69) is 41.5 Å². The third-order valence-corrected chi connectivity index (χ3v) is 26.7. The van der Waals surface area contributed by atoms with Crippen LogP contribution < -0.4 is 39.6 Å². The maximum Gasteiger partial charge on any atom is 0.514 e. The van der Waals surface area contributed by atoms with Gasteiger partial charge in [0.2, 0.25) is 0 Å². The Hall–Kier alpha value is -3.91. The molecule has 0 aromatic heterocycles. The first kappa shape index (κ1) is 64.4. The molecule has 8 rings (SSSR count). The number of benzene rings is 3. The Morgan fingerprint density at radius 2 is 0.838 bits per heavy atom. The fourth-order valence-corrected chi connectivity index (χ4v) is 17.7. The average Bonchev–Trinajstić information content (AvgIpc) is 3.94. The molecule has 2 saturated carbocycles. The van der Waals surface area contributed by atoms with Gasteiger partial charge >= 0.3 is 12.3 Å². The topological polar surface area (TPSA) is 170 Å². The van der Waals surface area contributed by atoms with Gasteiger partial charge in [-0.05, 0) is 97.6 Å². The molecule has 9 atom stereocenters. The van der Waals surface area contributed by atoms with Crippen molar-refractivity contribution in [3.63, 3.8) is 0 Å². The normalized spacial score (nSPS) is 27.6. The predicted molar refractivity (Wildman–Crippen MR) is 303 cm³/mol. The van der Waals surface area contributed by atoms with Crippen molar-refractivity contribution in [1.29, 1.82) is 0 Å². The van der Waals surface area contributed by atoms with Crippen LogP contribution >= 0.6 is 21.4 Å². The summed E-state index contributed by atoms with van der Waals surface area (Å²) in [6.07, 6.45) is 4.91. The SMILES string of the molecule is C.C.C.CC(C)(C)P1(=O)COc2cccc(O)c21.CC(C)[C@H]1CC[C@H](C)C[C@@H]1OC(=O)Oc1cccc2c1[P@@](=O)(C(C)(C)C)CO2.CC(C)[C@H]1CC[C@H](C)C[C@@H]1OC(=O)Oc1cccc2c1[P@](=O)(C(C)(C)C)CO2. The van der Waals surface area contributed by atoms with Crippen LogP contribution in [0.4, 0.5) is 9.59 Å². The van der Waals surface area contributed by atoms with E-state index >= 15 is 0 Å². The lowest BCUT2D eigenvalue weighted by Crippen LogP contribution is -2.36. The highest BCUT2D eigenvalue weighted by atomic mass is 31.2. The fraction of sp³-hybridized carbons (Fsp3) is 0.655. The van der Waals surface area contributed by atoms with Gasteiger partial charge in [0.05, 0.1) is 5.30 Å². The molecule has 0 radical (unpaired) electrons. The average molecular weight is 1090 g/mol. The van der Waals surface area contributed by atoms with Gasteiger partial charge < -0.3 is 52.0 Å². The second-order valence-electron chi connectivity index (χ2n) is 24.1. The quantitative estimate of drug-likeness (QED) is 0.141. The molecule has 16 heteroatoms. The van der Waals surface area contributed by atoms with E-state index in [-0.39, 0.29) is 64.4 Å². The first-order valence-corrected chi connectivity index (χ1v) is 31.1. The molecule has 418 valence electrons. The Morgan fingerprint density at radius 1 is 0.527 bits per heavy atom. The van der Waals surface area contributed by atoms with Gasteiger partial charge in [0.15, 0.2) is 21.4 Å². The zero-order valence-corrected chi connectivity index (χ0v) is 47.6. The van der Waals surface area contributed by atoms with Crippen molar-refractivity contribution in [1.82, 2.24) is 0 Å². The third kappa shape index (κ3) is 13.4. The second kappa shape index (κ2) is 24.6. The number of hydrogen-bond donors (Lipinski definition) is 1. The molecule has 2 aliphatic carbocycles. The first-order valence-electron chi connectivity index (χ1n) is 25.4. The number of carbonyl (C=O) groups is 2. The van der Waals surface area contributed by atoms with Crippen molar-refractivity contribution in [2.45, 2.75) is 192 Å². The minimum absolute atomic E-state index is 0. The van der Waals surface area contributed by atoms with Crippen LogP contribution in [0, 0.1) is 35.5 Å². The van der Waals surface area contributed by atoms with Gasteiger partial charge in [-0.2, -0.15) is 0 Å². The molecule has 74 heavy (non-hydrogen) atoms. The largest absolute Gasteiger partial charge is 0.514 e. The lowest BCUT2D eigenvalue weighted by atomic mass is 9.75. The van der Waals surface area contributed by atoms with Gasteiger partial charge in [-0.1, -0.05) is 157 Å². The predicted octanol–water partition coefficient (Wildman–Crippen LogP) is 16.0. The van der Waals surface area contributed by atoms with E-state index in [0.29, 0.717) is 80.2 Å². The Morgan fingerprint density at radius 3 is 1.16 bits per heavy atom. The summed E-state index contributed by atoms with van der Waals surface area (Å²) in [5.41, 5.74) is 0. The van der Waals surface area contributed by atoms with Crippen LogP contribution in [0.1, 0.15) is 165 Å². The molecule has 13 nitrogen and oxygen atoms in total. The monoisotopic (exact) mass is 1090 g/mol. The molecule has 0 saturated heterocycles. The fourth-order valence-electron chi connectivity index (χ4n) is 10.3. The minimum atomic E-state index is -2.87. The zero-order valence-electron chi connectivity index (χ0n) is 44.9. The highest BCUT2D eigenvalue weighted by Gasteiger charge is 2.50. The number of carbonyl (C=O) groups excluding carboxylic acids is 2. The molecule has 3 aromatic rings. The molecule has 5 aliphatic rings. The van der Waals surface area contributed by atoms with Gasteiger partial charge in [0, 0.05) is 15.5 Å². The van der Waals surface area contributed by atoms with E-state index in [1.807, 2.05) is 62.3 Å². The minimum Gasteiger partial charge on any atom is -0.507 e. The number of phenolic OH excluding ortho intramolecular Hbond substituents is 1. The number of phenols is 1. The summed E-state index contributed by atoms with van der Waals surface area (Å²) in [7, 11) is -8.40. The number of aromatic hydroxyl groups is 1. The van der Waals surface area contributed by atoms with Crippen molar-refractivity contribution in [2.75, 3.05) is 19.0 Å². The molecule has 0 amide bonds. The number of hydrogen-bond acceptors (Lipinski definition) is 13. The van der Waals surface area contributed by atoms with Crippen LogP contribution in [0.2, 0.25) is 0 Å². The van der Waals surface area contributed by atoms with E-state index < -0.39 is 44.0 Å². The summed E-state index contributed by atoms with van der Waals surface area (Å²) in [5.74, 6) is 4.95. The van der Waals surface area contributed by atoms with Gasteiger partial charge in [0.1, 0.15) is 76.4 Å². The number of rotatable bonds is 6. The lowest BCUT2D eigenvalue weighted by Gasteiger charge is -2.36. The van der Waals surface area contributed by atoms with E-state index in [9.17, 15) is 28.4 Å². The summed E-state index contributed by atoms with van der Waals surface area (Å²) >= 11 is 0. The Bertz CT molecular complexity index is 2420. The second-order valence-corrected chi connectivity index (χ2v) is 34.6. The van der Waals surface area contributed by atoms with Crippen molar-refractivity contribution in [3.05, 3.63) is 54.6 Å². The van der Waals surface area contributed by atoms with Crippen molar-refractivity contribution < 1.29 is 61.5 Å². The van der Waals surface area contributed by atoms with E-state index in [1.54, 1.807) is 54.6 Å². The first-order chi connectivity index (χ1) is 32.9. The molecule has 1 unspecified atom stereocenters. The van der Waals surface area contributed by atoms with E-state index in [4.69, 9.17) is 33.2 Å².